The first-order valence-corrected chi connectivity index (χ1v) is 6.10. The summed E-state index contributed by atoms with van der Waals surface area (Å²) >= 11 is 0. The minimum atomic E-state index is 0.0343. The van der Waals surface area contributed by atoms with Gasteiger partial charge in [0.1, 0.15) is 23.7 Å². The van der Waals surface area contributed by atoms with E-state index in [9.17, 15) is 0 Å². The molecule has 1 atom stereocenters. The number of anilines is 1. The lowest BCUT2D eigenvalue weighted by Gasteiger charge is -2.12. The number of hydrogen-bond donors (Lipinski definition) is 1. The van der Waals surface area contributed by atoms with Crippen molar-refractivity contribution >= 4 is 16.9 Å². The van der Waals surface area contributed by atoms with E-state index >= 15 is 0 Å². The van der Waals surface area contributed by atoms with Crippen LogP contribution in [-0.2, 0) is 7.05 Å². The van der Waals surface area contributed by atoms with Crippen LogP contribution in [-0.4, -0.2) is 19.7 Å². The Labute approximate surface area is 110 Å². The summed E-state index contributed by atoms with van der Waals surface area (Å²) in [5.74, 6) is 2.55. The molecule has 3 aromatic heterocycles. The van der Waals surface area contributed by atoms with Gasteiger partial charge in [0.2, 0.25) is 0 Å². The molecule has 98 valence electrons. The zero-order chi connectivity index (χ0) is 13.4. The van der Waals surface area contributed by atoms with Crippen molar-refractivity contribution in [2.75, 3.05) is 5.32 Å². The van der Waals surface area contributed by atoms with Gasteiger partial charge in [-0.05, 0) is 26.0 Å². The highest BCUT2D eigenvalue weighted by Crippen LogP contribution is 2.24. The molecule has 0 saturated heterocycles. The quantitative estimate of drug-likeness (QED) is 0.780. The molecular weight excluding hydrogens is 242 g/mol. The van der Waals surface area contributed by atoms with Gasteiger partial charge in [0, 0.05) is 7.05 Å². The van der Waals surface area contributed by atoms with Crippen LogP contribution >= 0.6 is 0 Å². The Bertz CT molecular complexity index is 715. The number of rotatable bonds is 3. The summed E-state index contributed by atoms with van der Waals surface area (Å²) < 4.78 is 7.33. The van der Waals surface area contributed by atoms with Crippen LogP contribution in [0.2, 0.25) is 0 Å². The van der Waals surface area contributed by atoms with E-state index in [0.29, 0.717) is 0 Å². The molecule has 0 saturated carbocycles. The predicted molar refractivity (Wildman–Crippen MR) is 71.8 cm³/mol. The number of fused-ring (bicyclic) bond motifs is 1. The number of nitrogens with zero attached hydrogens (tertiary/aromatic N) is 4. The van der Waals surface area contributed by atoms with E-state index in [4.69, 9.17) is 4.42 Å². The number of nitrogens with one attached hydrogen (secondary N) is 1. The third kappa shape index (κ3) is 2.05. The molecule has 19 heavy (non-hydrogen) atoms. The van der Waals surface area contributed by atoms with E-state index in [0.717, 1.165) is 28.4 Å². The van der Waals surface area contributed by atoms with E-state index in [1.165, 1.54) is 6.33 Å². The molecule has 0 spiro atoms. The van der Waals surface area contributed by atoms with Crippen molar-refractivity contribution in [1.29, 1.82) is 0 Å². The van der Waals surface area contributed by atoms with Gasteiger partial charge in [-0.3, -0.25) is 4.68 Å². The molecule has 0 aliphatic rings. The Morgan fingerprint density at radius 1 is 1.32 bits per heavy atom. The zero-order valence-electron chi connectivity index (χ0n) is 11.1. The van der Waals surface area contributed by atoms with Crippen molar-refractivity contribution in [1.82, 2.24) is 19.7 Å². The van der Waals surface area contributed by atoms with Crippen molar-refractivity contribution in [2.24, 2.45) is 7.05 Å². The Balaban J connectivity index is 1.93. The summed E-state index contributed by atoms with van der Waals surface area (Å²) in [5, 5.41) is 8.42. The summed E-state index contributed by atoms with van der Waals surface area (Å²) in [4.78, 5) is 8.49. The second-order valence-electron chi connectivity index (χ2n) is 4.54. The van der Waals surface area contributed by atoms with E-state index < -0.39 is 0 Å². The molecule has 6 heteroatoms. The van der Waals surface area contributed by atoms with Crippen molar-refractivity contribution in [2.45, 2.75) is 19.9 Å². The minimum absolute atomic E-state index is 0.0343. The lowest BCUT2D eigenvalue weighted by atomic mass is 10.2. The van der Waals surface area contributed by atoms with Gasteiger partial charge >= 0.3 is 0 Å². The minimum Gasteiger partial charge on any atom is -0.464 e. The molecule has 0 aliphatic carbocycles. The van der Waals surface area contributed by atoms with Crippen LogP contribution in [0.15, 0.2) is 29.1 Å². The fraction of sp³-hybridized carbons (Fsp3) is 0.308. The maximum absolute atomic E-state index is 5.61. The summed E-state index contributed by atoms with van der Waals surface area (Å²) in [6.45, 7) is 3.96. The Morgan fingerprint density at radius 2 is 2.16 bits per heavy atom. The summed E-state index contributed by atoms with van der Waals surface area (Å²) in [6.07, 6.45) is 3.30. The Morgan fingerprint density at radius 3 is 2.89 bits per heavy atom. The predicted octanol–water partition coefficient (Wildman–Crippen LogP) is 2.44. The van der Waals surface area contributed by atoms with Crippen LogP contribution in [0.5, 0.6) is 0 Å². The monoisotopic (exact) mass is 257 g/mol. The number of aromatic nitrogens is 4. The molecule has 1 N–H and O–H groups in total. The standard InChI is InChI=1S/C13H15N5O/c1-8-4-5-11(19-8)9(2)17-12-10-6-16-18(3)13(10)15-7-14-12/h4-7,9H,1-3H3,(H,14,15,17)/t9-/m0/s1. The highest BCUT2D eigenvalue weighted by Gasteiger charge is 2.13. The molecule has 0 fully saturated rings. The molecule has 0 aliphatic heterocycles. The van der Waals surface area contributed by atoms with Crippen molar-refractivity contribution in [3.05, 3.63) is 36.2 Å². The number of aryl methyl sites for hydroxylation is 2. The van der Waals surface area contributed by atoms with E-state index in [-0.39, 0.29) is 6.04 Å². The molecule has 3 aromatic rings. The van der Waals surface area contributed by atoms with Gasteiger partial charge in [-0.2, -0.15) is 5.10 Å². The van der Waals surface area contributed by atoms with Gasteiger partial charge in [0.15, 0.2) is 5.65 Å². The average molecular weight is 257 g/mol. The van der Waals surface area contributed by atoms with Crippen LogP contribution in [0.25, 0.3) is 11.0 Å². The van der Waals surface area contributed by atoms with Gasteiger partial charge in [-0.15, -0.1) is 0 Å². The molecule has 6 nitrogen and oxygen atoms in total. The molecular formula is C13H15N5O. The van der Waals surface area contributed by atoms with Gasteiger partial charge in [-0.1, -0.05) is 0 Å². The lowest BCUT2D eigenvalue weighted by Crippen LogP contribution is -2.07. The maximum Gasteiger partial charge on any atom is 0.163 e. The third-order valence-corrected chi connectivity index (χ3v) is 3.07. The van der Waals surface area contributed by atoms with Gasteiger partial charge < -0.3 is 9.73 Å². The van der Waals surface area contributed by atoms with Gasteiger partial charge in [0.05, 0.1) is 17.6 Å². The molecule has 3 heterocycles. The van der Waals surface area contributed by atoms with Crippen molar-refractivity contribution in [3.8, 4) is 0 Å². The van der Waals surface area contributed by atoms with E-state index in [2.05, 4.69) is 20.4 Å². The fourth-order valence-electron chi connectivity index (χ4n) is 2.04. The van der Waals surface area contributed by atoms with E-state index in [1.807, 2.05) is 33.0 Å². The van der Waals surface area contributed by atoms with Gasteiger partial charge in [0.25, 0.3) is 0 Å². The fourth-order valence-corrected chi connectivity index (χ4v) is 2.04. The average Bonchev–Trinajstić information content (AvgIpc) is 2.98. The SMILES string of the molecule is Cc1ccc([C@H](C)Nc2ncnc3c2cnn3C)o1. The molecule has 3 rings (SSSR count). The molecule has 0 unspecified atom stereocenters. The Hall–Kier alpha value is -2.37. The van der Waals surface area contributed by atoms with Crippen LogP contribution in [0, 0.1) is 6.92 Å². The summed E-state index contributed by atoms with van der Waals surface area (Å²) in [5.41, 5.74) is 0.806. The normalized spacial score (nSPS) is 12.8. The third-order valence-electron chi connectivity index (χ3n) is 3.07. The van der Waals surface area contributed by atoms with Crippen LogP contribution < -0.4 is 5.32 Å². The summed E-state index contributed by atoms with van der Waals surface area (Å²) in [7, 11) is 1.86. The zero-order valence-corrected chi connectivity index (χ0v) is 11.1. The first kappa shape index (κ1) is 11.7. The molecule has 0 aromatic carbocycles. The van der Waals surface area contributed by atoms with Gasteiger partial charge in [-0.25, -0.2) is 9.97 Å². The van der Waals surface area contributed by atoms with Crippen LogP contribution in [0.1, 0.15) is 24.5 Å². The number of hydrogen-bond acceptors (Lipinski definition) is 5. The molecule has 0 bridgehead atoms. The summed E-state index contributed by atoms with van der Waals surface area (Å²) in [6, 6.07) is 3.95. The highest BCUT2D eigenvalue weighted by molar-refractivity contribution is 5.86. The lowest BCUT2D eigenvalue weighted by molar-refractivity contribution is 0.466. The largest absolute Gasteiger partial charge is 0.464 e. The van der Waals surface area contributed by atoms with Crippen LogP contribution in [0.3, 0.4) is 0 Å². The van der Waals surface area contributed by atoms with Crippen molar-refractivity contribution in [3.63, 3.8) is 0 Å². The highest BCUT2D eigenvalue weighted by atomic mass is 16.3. The Kier molecular flexibility index (Phi) is 2.70. The molecule has 0 radical (unpaired) electrons. The topological polar surface area (TPSA) is 68.8 Å². The maximum atomic E-state index is 5.61. The first-order chi connectivity index (χ1) is 9.15. The molecule has 0 amide bonds. The first-order valence-electron chi connectivity index (χ1n) is 6.10. The second kappa shape index (κ2) is 4.38. The second-order valence-corrected chi connectivity index (χ2v) is 4.54. The van der Waals surface area contributed by atoms with E-state index in [1.54, 1.807) is 10.9 Å². The number of furan rings is 1. The van der Waals surface area contributed by atoms with Crippen molar-refractivity contribution < 1.29 is 4.42 Å². The van der Waals surface area contributed by atoms with Crippen LogP contribution in [0.4, 0.5) is 5.82 Å². The smallest absolute Gasteiger partial charge is 0.163 e.